The van der Waals surface area contributed by atoms with Crippen molar-refractivity contribution in [2.24, 2.45) is 0 Å². The van der Waals surface area contributed by atoms with Crippen LogP contribution in [0.4, 0.5) is 11.4 Å². The number of nitrogens with one attached hydrogen (secondary N) is 1. The first kappa shape index (κ1) is 20.7. The van der Waals surface area contributed by atoms with E-state index >= 15 is 0 Å². The molecule has 0 atom stereocenters. The summed E-state index contributed by atoms with van der Waals surface area (Å²) >= 11 is 0. The molecule has 1 amide bonds. The largest absolute Gasteiger partial charge is 0.496 e. The predicted molar refractivity (Wildman–Crippen MR) is 101 cm³/mol. The number of hydrogen-bond acceptors (Lipinski definition) is 7. The second kappa shape index (κ2) is 9.91. The number of esters is 1. The highest BCUT2D eigenvalue weighted by molar-refractivity contribution is 5.95. The highest BCUT2D eigenvalue weighted by Gasteiger charge is 2.18. The number of rotatable bonds is 9. The van der Waals surface area contributed by atoms with Gasteiger partial charge in [-0.2, -0.15) is 0 Å². The van der Waals surface area contributed by atoms with Gasteiger partial charge in [0.15, 0.2) is 13.2 Å². The molecule has 0 aliphatic heterocycles. The minimum absolute atomic E-state index is 0.0286. The first-order valence-corrected chi connectivity index (χ1v) is 8.42. The Labute approximate surface area is 161 Å². The summed E-state index contributed by atoms with van der Waals surface area (Å²) in [5, 5.41) is 13.4. The fourth-order valence-corrected chi connectivity index (χ4v) is 2.23. The first-order chi connectivity index (χ1) is 13.4. The summed E-state index contributed by atoms with van der Waals surface area (Å²) in [7, 11) is 1.37. The van der Waals surface area contributed by atoms with Crippen LogP contribution in [0.25, 0.3) is 0 Å². The Morgan fingerprint density at radius 2 is 1.75 bits per heavy atom. The number of nitro benzene ring substituents is 1. The Morgan fingerprint density at radius 1 is 1.07 bits per heavy atom. The van der Waals surface area contributed by atoms with Crippen molar-refractivity contribution in [1.82, 2.24) is 0 Å². The summed E-state index contributed by atoms with van der Waals surface area (Å²) in [4.78, 5) is 34.1. The molecule has 0 bridgehead atoms. The molecule has 0 spiro atoms. The Kier molecular flexibility index (Phi) is 7.32. The molecule has 0 aliphatic carbocycles. The van der Waals surface area contributed by atoms with Crippen molar-refractivity contribution >= 4 is 23.3 Å². The minimum Gasteiger partial charge on any atom is -0.496 e. The van der Waals surface area contributed by atoms with Crippen LogP contribution in [-0.4, -0.2) is 37.1 Å². The minimum atomic E-state index is -0.737. The van der Waals surface area contributed by atoms with Crippen LogP contribution >= 0.6 is 0 Å². The van der Waals surface area contributed by atoms with Gasteiger partial charge in [0.05, 0.1) is 18.1 Å². The Balaban J connectivity index is 1.83. The number of methoxy groups -OCH3 is 1. The first-order valence-electron chi connectivity index (χ1n) is 8.42. The zero-order valence-electron chi connectivity index (χ0n) is 15.5. The molecular weight excluding hydrogens is 368 g/mol. The molecule has 0 aromatic heterocycles. The second-order valence-electron chi connectivity index (χ2n) is 5.64. The summed E-state index contributed by atoms with van der Waals surface area (Å²) in [6.45, 7) is 1.07. The van der Waals surface area contributed by atoms with Crippen LogP contribution in [0.1, 0.15) is 12.5 Å². The highest BCUT2D eigenvalue weighted by Crippen LogP contribution is 2.28. The van der Waals surface area contributed by atoms with Crippen LogP contribution in [0.15, 0.2) is 42.5 Å². The summed E-state index contributed by atoms with van der Waals surface area (Å²) in [5.41, 5.74) is 0.774. The summed E-state index contributed by atoms with van der Waals surface area (Å²) in [5.74, 6) is -0.666. The molecule has 2 aromatic rings. The van der Waals surface area contributed by atoms with E-state index < -0.39 is 23.4 Å². The van der Waals surface area contributed by atoms with Crippen molar-refractivity contribution in [2.45, 2.75) is 13.3 Å². The third-order valence-corrected chi connectivity index (χ3v) is 3.73. The van der Waals surface area contributed by atoms with Crippen molar-refractivity contribution < 1.29 is 28.7 Å². The van der Waals surface area contributed by atoms with Crippen LogP contribution < -0.4 is 14.8 Å². The number of carbonyl (C=O) groups excluding carboxylic acids is 2. The van der Waals surface area contributed by atoms with E-state index in [0.717, 1.165) is 12.0 Å². The van der Waals surface area contributed by atoms with Crippen LogP contribution in [0.3, 0.4) is 0 Å². The number of carbonyl (C=O) groups is 2. The number of amides is 1. The average Bonchev–Trinajstić information content (AvgIpc) is 2.71. The highest BCUT2D eigenvalue weighted by atomic mass is 16.6. The van der Waals surface area contributed by atoms with Gasteiger partial charge in [0.25, 0.3) is 11.6 Å². The van der Waals surface area contributed by atoms with Gasteiger partial charge >= 0.3 is 5.97 Å². The normalized spacial score (nSPS) is 10.1. The molecule has 2 aromatic carbocycles. The molecular formula is C19H20N2O7. The van der Waals surface area contributed by atoms with Gasteiger partial charge in [-0.25, -0.2) is 4.79 Å². The van der Waals surface area contributed by atoms with Gasteiger partial charge in [0, 0.05) is 0 Å². The van der Waals surface area contributed by atoms with E-state index in [1.807, 2.05) is 19.1 Å². The van der Waals surface area contributed by atoms with Crippen LogP contribution in [-0.2, 0) is 20.7 Å². The van der Waals surface area contributed by atoms with E-state index in [1.165, 1.54) is 25.3 Å². The second-order valence-corrected chi connectivity index (χ2v) is 5.64. The standard InChI is InChI=1S/C19H20N2O7/c1-3-13-4-6-14(7-5-13)27-12-19(23)28-11-18(22)20-16-9-8-15(26-2)10-17(16)21(24)25/h4-10H,3,11-12H2,1-2H3,(H,20,22). The molecule has 1 N–H and O–H groups in total. The molecule has 0 unspecified atom stereocenters. The number of anilines is 1. The van der Waals surface area contributed by atoms with Gasteiger partial charge in [-0.05, 0) is 36.2 Å². The van der Waals surface area contributed by atoms with Crippen molar-refractivity contribution in [3.05, 3.63) is 58.1 Å². The lowest BCUT2D eigenvalue weighted by atomic mass is 10.2. The van der Waals surface area contributed by atoms with E-state index in [4.69, 9.17) is 14.2 Å². The van der Waals surface area contributed by atoms with Crippen molar-refractivity contribution in [3.63, 3.8) is 0 Å². The lowest BCUT2D eigenvalue weighted by Crippen LogP contribution is -2.24. The lowest BCUT2D eigenvalue weighted by molar-refractivity contribution is -0.384. The Morgan fingerprint density at radius 3 is 2.36 bits per heavy atom. The summed E-state index contributed by atoms with van der Waals surface area (Å²) in [6, 6.07) is 11.2. The molecule has 0 fully saturated rings. The maximum absolute atomic E-state index is 11.9. The van der Waals surface area contributed by atoms with E-state index in [1.54, 1.807) is 12.1 Å². The summed E-state index contributed by atoms with van der Waals surface area (Å²) < 4.78 is 15.0. The number of aryl methyl sites for hydroxylation is 1. The predicted octanol–water partition coefficient (Wildman–Crippen LogP) is 2.73. The van der Waals surface area contributed by atoms with E-state index in [9.17, 15) is 19.7 Å². The molecule has 0 saturated heterocycles. The van der Waals surface area contributed by atoms with Crippen molar-refractivity contribution in [3.8, 4) is 11.5 Å². The monoisotopic (exact) mass is 388 g/mol. The van der Waals surface area contributed by atoms with Gasteiger partial charge in [0.2, 0.25) is 0 Å². The number of ether oxygens (including phenoxy) is 3. The topological polar surface area (TPSA) is 117 Å². The van der Waals surface area contributed by atoms with Gasteiger partial charge in [-0.3, -0.25) is 14.9 Å². The van der Waals surface area contributed by atoms with Gasteiger partial charge in [0.1, 0.15) is 17.2 Å². The molecule has 0 saturated carbocycles. The number of benzene rings is 2. The number of hydrogen-bond donors (Lipinski definition) is 1. The van der Waals surface area contributed by atoms with Crippen LogP contribution in [0, 0.1) is 10.1 Å². The number of nitrogens with zero attached hydrogens (tertiary/aromatic N) is 1. The average molecular weight is 388 g/mol. The molecule has 0 radical (unpaired) electrons. The SMILES string of the molecule is CCc1ccc(OCC(=O)OCC(=O)Nc2ccc(OC)cc2[N+](=O)[O-])cc1. The molecule has 9 heteroatoms. The quantitative estimate of drug-likeness (QED) is 0.399. The van der Waals surface area contributed by atoms with Crippen molar-refractivity contribution in [2.75, 3.05) is 25.6 Å². The lowest BCUT2D eigenvalue weighted by Gasteiger charge is -2.09. The summed E-state index contributed by atoms with van der Waals surface area (Å²) in [6.07, 6.45) is 0.893. The molecule has 148 valence electrons. The van der Waals surface area contributed by atoms with Gasteiger partial charge in [-0.15, -0.1) is 0 Å². The number of nitro groups is 1. The molecule has 2 rings (SSSR count). The maximum Gasteiger partial charge on any atom is 0.344 e. The smallest absolute Gasteiger partial charge is 0.344 e. The zero-order chi connectivity index (χ0) is 20.5. The van der Waals surface area contributed by atoms with E-state index in [-0.39, 0.29) is 23.7 Å². The molecule has 28 heavy (non-hydrogen) atoms. The van der Waals surface area contributed by atoms with E-state index in [0.29, 0.717) is 5.75 Å². The zero-order valence-corrected chi connectivity index (χ0v) is 15.5. The Hall–Kier alpha value is -3.62. The van der Waals surface area contributed by atoms with Crippen LogP contribution in [0.5, 0.6) is 11.5 Å². The third-order valence-electron chi connectivity index (χ3n) is 3.73. The van der Waals surface area contributed by atoms with E-state index in [2.05, 4.69) is 5.32 Å². The third kappa shape index (κ3) is 5.97. The maximum atomic E-state index is 11.9. The fourth-order valence-electron chi connectivity index (χ4n) is 2.23. The van der Waals surface area contributed by atoms with Gasteiger partial charge < -0.3 is 19.5 Å². The molecule has 0 heterocycles. The fraction of sp³-hybridized carbons (Fsp3) is 0.263. The van der Waals surface area contributed by atoms with Crippen molar-refractivity contribution in [1.29, 1.82) is 0 Å². The van der Waals surface area contributed by atoms with Gasteiger partial charge in [-0.1, -0.05) is 19.1 Å². The Bertz CT molecular complexity index is 850. The molecule has 0 aliphatic rings. The van der Waals surface area contributed by atoms with Crippen LogP contribution in [0.2, 0.25) is 0 Å². The molecule has 9 nitrogen and oxygen atoms in total.